The summed E-state index contributed by atoms with van der Waals surface area (Å²) in [6.07, 6.45) is 3.17. The summed E-state index contributed by atoms with van der Waals surface area (Å²) in [5.74, 6) is -0.0764. The van der Waals surface area contributed by atoms with Gasteiger partial charge in [-0.25, -0.2) is 4.79 Å². The minimum absolute atomic E-state index is 0.0372. The third kappa shape index (κ3) is 5.26. The van der Waals surface area contributed by atoms with Gasteiger partial charge in [0.25, 0.3) is 0 Å². The number of rotatable bonds is 5. The number of aliphatic hydroxyl groups excluding tert-OH is 1. The summed E-state index contributed by atoms with van der Waals surface area (Å²) in [6, 6.07) is 3.88. The van der Waals surface area contributed by atoms with Crippen LogP contribution in [0.4, 0.5) is 10.5 Å². The standard InChI is InChI=1S/C24H32Cl2N4O5/c1-15-22(32)30-17(4-8-28-9-7-24(5-6-24)21(31)12-28)13-34-14-18(30)11-29(15)35-23(33)27-16-2-3-19(25)20(26)10-16/h2-3,10,15,17-18,21,31H,4-9,11-14H2,1H3,(H,27,33)/t15-,17-,18+,21+/m0/s1. The lowest BCUT2D eigenvalue weighted by molar-refractivity contribution is -0.201. The second kappa shape index (κ2) is 10.0. The number of nitrogens with zero attached hydrogens (tertiary/aromatic N) is 3. The number of carbonyl (C=O) groups excluding carboxylic acids is 2. The van der Waals surface area contributed by atoms with E-state index in [-0.39, 0.29) is 29.5 Å². The lowest BCUT2D eigenvalue weighted by atomic mass is 9.90. The van der Waals surface area contributed by atoms with Crippen LogP contribution in [0.2, 0.25) is 10.0 Å². The molecule has 4 atom stereocenters. The minimum atomic E-state index is -0.707. The summed E-state index contributed by atoms with van der Waals surface area (Å²) >= 11 is 11.9. The maximum Gasteiger partial charge on any atom is 0.430 e. The highest BCUT2D eigenvalue weighted by Crippen LogP contribution is 2.53. The Balaban J connectivity index is 1.16. The summed E-state index contributed by atoms with van der Waals surface area (Å²) in [5.41, 5.74) is 0.627. The highest BCUT2D eigenvalue weighted by molar-refractivity contribution is 6.42. The van der Waals surface area contributed by atoms with Crippen LogP contribution in [0.5, 0.6) is 0 Å². The number of piperidine rings is 1. The van der Waals surface area contributed by atoms with Crippen LogP contribution in [-0.4, -0.2) is 95.6 Å². The number of hydrogen-bond donors (Lipinski definition) is 2. The Morgan fingerprint density at radius 2 is 2.03 bits per heavy atom. The molecule has 11 heteroatoms. The first kappa shape index (κ1) is 25.0. The van der Waals surface area contributed by atoms with Gasteiger partial charge in [0.2, 0.25) is 5.91 Å². The van der Waals surface area contributed by atoms with Gasteiger partial charge in [-0.1, -0.05) is 23.2 Å². The number of β-amino-alcohol motifs (C(OH)–C–C–N with tert-alkyl or cyclic N) is 1. The van der Waals surface area contributed by atoms with Gasteiger partial charge in [-0.15, -0.1) is 5.06 Å². The highest BCUT2D eigenvalue weighted by atomic mass is 35.5. The number of likely N-dealkylation sites (tertiary alicyclic amines) is 1. The lowest BCUT2D eigenvalue weighted by Crippen LogP contribution is -2.67. The van der Waals surface area contributed by atoms with Crippen molar-refractivity contribution in [1.82, 2.24) is 14.9 Å². The number of hydrogen-bond acceptors (Lipinski definition) is 7. The normalized spacial score (nSPS) is 30.7. The van der Waals surface area contributed by atoms with Crippen molar-refractivity contribution in [2.24, 2.45) is 5.41 Å². The molecule has 1 aliphatic carbocycles. The van der Waals surface area contributed by atoms with Gasteiger partial charge in [0.05, 0.1) is 48.0 Å². The molecule has 5 rings (SSSR count). The number of fused-ring (bicyclic) bond motifs is 1. The Morgan fingerprint density at radius 3 is 2.74 bits per heavy atom. The Labute approximate surface area is 215 Å². The molecule has 3 aliphatic heterocycles. The molecule has 192 valence electrons. The molecule has 4 aliphatic rings. The van der Waals surface area contributed by atoms with Crippen molar-refractivity contribution in [3.63, 3.8) is 0 Å². The molecule has 3 saturated heterocycles. The minimum Gasteiger partial charge on any atom is -0.391 e. The van der Waals surface area contributed by atoms with Crippen molar-refractivity contribution in [2.75, 3.05) is 44.7 Å². The van der Waals surface area contributed by atoms with E-state index in [0.29, 0.717) is 42.0 Å². The largest absolute Gasteiger partial charge is 0.430 e. The first-order valence-electron chi connectivity index (χ1n) is 12.3. The fourth-order valence-corrected chi connectivity index (χ4v) is 5.82. The number of benzene rings is 1. The summed E-state index contributed by atoms with van der Waals surface area (Å²) < 4.78 is 5.84. The molecular weight excluding hydrogens is 495 g/mol. The molecular formula is C24H32Cl2N4O5. The van der Waals surface area contributed by atoms with E-state index in [0.717, 1.165) is 38.8 Å². The maximum atomic E-state index is 13.3. The third-order valence-electron chi connectivity index (χ3n) is 7.94. The predicted molar refractivity (Wildman–Crippen MR) is 131 cm³/mol. The molecule has 0 aromatic heterocycles. The number of anilines is 1. The van der Waals surface area contributed by atoms with Crippen molar-refractivity contribution < 1.29 is 24.3 Å². The smallest absolute Gasteiger partial charge is 0.391 e. The van der Waals surface area contributed by atoms with Crippen molar-refractivity contribution in [1.29, 1.82) is 0 Å². The molecule has 0 radical (unpaired) electrons. The zero-order valence-corrected chi connectivity index (χ0v) is 21.3. The molecule has 3 heterocycles. The quantitative estimate of drug-likeness (QED) is 0.608. The highest BCUT2D eigenvalue weighted by Gasteiger charge is 2.51. The first-order chi connectivity index (χ1) is 16.8. The third-order valence-corrected chi connectivity index (χ3v) is 8.68. The zero-order chi connectivity index (χ0) is 24.7. The van der Waals surface area contributed by atoms with Gasteiger partial charge in [0, 0.05) is 18.8 Å². The molecule has 0 unspecified atom stereocenters. The Morgan fingerprint density at radius 1 is 1.23 bits per heavy atom. The number of piperazine rings is 1. The monoisotopic (exact) mass is 526 g/mol. The molecule has 4 fully saturated rings. The molecule has 1 saturated carbocycles. The van der Waals surface area contributed by atoms with Gasteiger partial charge in [0.1, 0.15) is 6.04 Å². The van der Waals surface area contributed by atoms with Crippen molar-refractivity contribution in [3.05, 3.63) is 28.2 Å². The van der Waals surface area contributed by atoms with E-state index >= 15 is 0 Å². The average Bonchev–Trinajstić information content (AvgIpc) is 3.61. The fourth-order valence-electron chi connectivity index (χ4n) is 5.52. The molecule has 2 amide bonds. The number of amides is 2. The number of carbonyl (C=O) groups is 2. The molecule has 9 nitrogen and oxygen atoms in total. The van der Waals surface area contributed by atoms with E-state index in [4.69, 9.17) is 32.8 Å². The second-order valence-corrected chi connectivity index (χ2v) is 11.0. The van der Waals surface area contributed by atoms with Crippen molar-refractivity contribution in [2.45, 2.75) is 56.8 Å². The SMILES string of the molecule is C[C@H]1C(=O)N2[C@@H](CCN3CCC4(CC4)[C@H](O)C3)COC[C@H]2CN1OC(=O)Nc1ccc(Cl)c(Cl)c1. The Bertz CT molecular complexity index is 977. The predicted octanol–water partition coefficient (Wildman–Crippen LogP) is 2.99. The number of hydroxylamine groups is 2. The number of morpholine rings is 1. The van der Waals surface area contributed by atoms with Crippen molar-refractivity contribution >= 4 is 40.9 Å². The van der Waals surface area contributed by atoms with Gasteiger partial charge in [0.15, 0.2) is 0 Å². The second-order valence-electron chi connectivity index (χ2n) is 10.2. The number of nitrogens with one attached hydrogen (secondary N) is 1. The molecule has 1 aromatic rings. The van der Waals surface area contributed by atoms with E-state index < -0.39 is 12.1 Å². The zero-order valence-electron chi connectivity index (χ0n) is 19.8. The summed E-state index contributed by atoms with van der Waals surface area (Å²) in [5, 5.41) is 15.2. The van der Waals surface area contributed by atoms with Crippen LogP contribution in [-0.2, 0) is 14.4 Å². The Hall–Kier alpha value is -1.62. The van der Waals surface area contributed by atoms with E-state index in [1.54, 1.807) is 19.1 Å². The van der Waals surface area contributed by atoms with Gasteiger partial charge in [-0.05, 0) is 62.8 Å². The van der Waals surface area contributed by atoms with Crippen LogP contribution in [0, 0.1) is 5.41 Å². The molecule has 1 spiro atoms. The first-order valence-corrected chi connectivity index (χ1v) is 13.0. The van der Waals surface area contributed by atoms with Gasteiger partial charge in [-0.3, -0.25) is 10.1 Å². The lowest BCUT2D eigenvalue weighted by Gasteiger charge is -2.49. The molecule has 35 heavy (non-hydrogen) atoms. The van der Waals surface area contributed by atoms with E-state index in [1.807, 2.05) is 4.90 Å². The van der Waals surface area contributed by atoms with Crippen molar-refractivity contribution in [3.8, 4) is 0 Å². The van der Waals surface area contributed by atoms with Crippen LogP contribution in [0.1, 0.15) is 32.6 Å². The number of aliphatic hydroxyl groups is 1. The van der Waals surface area contributed by atoms with Crippen LogP contribution < -0.4 is 5.32 Å². The van der Waals surface area contributed by atoms with Crippen LogP contribution in [0.3, 0.4) is 0 Å². The number of halogens is 2. The van der Waals surface area contributed by atoms with Crippen LogP contribution in [0.15, 0.2) is 18.2 Å². The van der Waals surface area contributed by atoms with E-state index in [2.05, 4.69) is 10.2 Å². The topological polar surface area (TPSA) is 94.6 Å². The van der Waals surface area contributed by atoms with E-state index in [9.17, 15) is 14.7 Å². The van der Waals surface area contributed by atoms with Crippen LogP contribution >= 0.6 is 23.2 Å². The summed E-state index contributed by atoms with van der Waals surface area (Å²) in [6.45, 7) is 5.52. The Kier molecular flexibility index (Phi) is 7.18. The number of ether oxygens (including phenoxy) is 1. The van der Waals surface area contributed by atoms with Crippen LogP contribution in [0.25, 0.3) is 0 Å². The summed E-state index contributed by atoms with van der Waals surface area (Å²) in [7, 11) is 0. The van der Waals surface area contributed by atoms with E-state index in [1.165, 1.54) is 11.1 Å². The molecule has 1 aromatic carbocycles. The summed E-state index contributed by atoms with van der Waals surface area (Å²) in [4.78, 5) is 35.5. The fraction of sp³-hybridized carbons (Fsp3) is 0.667. The average molecular weight is 527 g/mol. The van der Waals surface area contributed by atoms with Gasteiger partial charge >= 0.3 is 6.09 Å². The molecule has 2 N–H and O–H groups in total. The van der Waals surface area contributed by atoms with Gasteiger partial charge < -0.3 is 24.5 Å². The maximum absolute atomic E-state index is 13.3. The van der Waals surface area contributed by atoms with Gasteiger partial charge in [-0.2, -0.15) is 0 Å². The molecule has 0 bridgehead atoms.